The third-order valence-electron chi connectivity index (χ3n) is 6.46. The maximum atomic E-state index is 13.8. The number of halogens is 4. The van der Waals surface area contributed by atoms with E-state index in [-0.39, 0.29) is 47.1 Å². The fourth-order valence-electron chi connectivity index (χ4n) is 4.50. The van der Waals surface area contributed by atoms with Crippen molar-refractivity contribution in [1.29, 1.82) is 0 Å². The minimum Gasteiger partial charge on any atom is -0.487 e. The molecule has 0 aliphatic rings. The molecule has 0 bridgehead atoms. The Labute approximate surface area is 256 Å². The number of pyridine rings is 1. The number of aromatic nitrogens is 4. The van der Waals surface area contributed by atoms with Gasteiger partial charge in [0.1, 0.15) is 29.3 Å². The number of Topliss-reactive ketones (excluding diaryl/α,β-unsaturated/α-hetero) is 1. The Balaban J connectivity index is 1.39. The van der Waals surface area contributed by atoms with Gasteiger partial charge in [0, 0.05) is 24.4 Å². The first-order valence-electron chi connectivity index (χ1n) is 13.6. The first-order chi connectivity index (χ1) is 20.7. The summed E-state index contributed by atoms with van der Waals surface area (Å²) in [6.45, 7) is 6.74. The molecule has 0 unspecified atom stereocenters. The zero-order valence-electron chi connectivity index (χ0n) is 24.3. The molecule has 0 saturated carbocycles. The summed E-state index contributed by atoms with van der Waals surface area (Å²) in [5, 5.41) is 3.13. The van der Waals surface area contributed by atoms with Gasteiger partial charge in [0.25, 0.3) is 0 Å². The van der Waals surface area contributed by atoms with Gasteiger partial charge in [-0.2, -0.15) is 18.3 Å². The number of imidazole rings is 1. The standard InChI is InChI=1S/C32H28ClF3N4O4/c1-19-16-39-17-20(8-13-27(39)37-19)14-26(41)22-6-5-7-23(15-22)40-25(28(33)29(38-40)32(34,35)36)18-43-24-11-9-21(10-12-24)30(42)44-31(2,3)4/h5-13,15-17H,14,18H2,1-4H3. The number of carbonyl (C=O) groups is 2. The molecule has 0 N–H and O–H groups in total. The molecule has 0 spiro atoms. The Morgan fingerprint density at radius 3 is 2.36 bits per heavy atom. The van der Waals surface area contributed by atoms with Gasteiger partial charge in [-0.15, -0.1) is 0 Å². The molecule has 12 heteroatoms. The molecule has 0 aliphatic carbocycles. The lowest BCUT2D eigenvalue weighted by atomic mass is 10.0. The fourth-order valence-corrected chi connectivity index (χ4v) is 4.78. The molecule has 228 valence electrons. The molecule has 0 amide bonds. The van der Waals surface area contributed by atoms with E-state index in [0.717, 1.165) is 21.6 Å². The molecule has 0 aliphatic heterocycles. The predicted molar refractivity (Wildman–Crippen MR) is 157 cm³/mol. The van der Waals surface area contributed by atoms with E-state index in [9.17, 15) is 22.8 Å². The highest BCUT2D eigenvalue weighted by Gasteiger charge is 2.39. The molecule has 3 aromatic heterocycles. The maximum Gasteiger partial charge on any atom is 0.436 e. The van der Waals surface area contributed by atoms with Crippen LogP contribution in [0.15, 0.2) is 73.1 Å². The van der Waals surface area contributed by atoms with E-state index in [1.165, 1.54) is 36.4 Å². The number of aryl methyl sites for hydroxylation is 1. The van der Waals surface area contributed by atoms with Gasteiger partial charge in [-0.25, -0.2) is 14.5 Å². The number of ketones is 1. The summed E-state index contributed by atoms with van der Waals surface area (Å²) in [5.41, 5.74) is 1.10. The van der Waals surface area contributed by atoms with Crippen LogP contribution < -0.4 is 4.74 Å². The third-order valence-corrected chi connectivity index (χ3v) is 6.86. The number of benzene rings is 2. The molecule has 5 aromatic rings. The SMILES string of the molecule is Cc1cn2cc(CC(=O)c3cccc(-n4nc(C(F)(F)F)c(Cl)c4COc4ccc(C(=O)OC(C)(C)C)cc4)c3)ccc2n1. The molecule has 0 atom stereocenters. The molecule has 0 saturated heterocycles. The summed E-state index contributed by atoms with van der Waals surface area (Å²) in [5.74, 6) is -0.476. The van der Waals surface area contributed by atoms with Crippen LogP contribution in [0.4, 0.5) is 13.2 Å². The van der Waals surface area contributed by atoms with E-state index in [0.29, 0.717) is 0 Å². The molecule has 2 aromatic carbocycles. The minimum atomic E-state index is -4.83. The fraction of sp³-hybridized carbons (Fsp3) is 0.250. The monoisotopic (exact) mass is 624 g/mol. The number of carbonyl (C=O) groups excluding carboxylic acids is 2. The van der Waals surface area contributed by atoms with Crippen molar-refractivity contribution >= 4 is 29.0 Å². The summed E-state index contributed by atoms with van der Waals surface area (Å²) in [6.07, 6.45) is -1.10. The Morgan fingerprint density at radius 2 is 1.68 bits per heavy atom. The van der Waals surface area contributed by atoms with Crippen molar-refractivity contribution < 1.29 is 32.2 Å². The topological polar surface area (TPSA) is 87.7 Å². The van der Waals surface area contributed by atoms with Crippen molar-refractivity contribution in [3.05, 3.63) is 112 Å². The van der Waals surface area contributed by atoms with Crippen LogP contribution in [-0.2, 0) is 23.9 Å². The van der Waals surface area contributed by atoms with Crippen molar-refractivity contribution in [2.45, 2.75) is 52.5 Å². The molecule has 8 nitrogen and oxygen atoms in total. The lowest BCUT2D eigenvalue weighted by Gasteiger charge is -2.19. The molecular weight excluding hydrogens is 597 g/mol. The number of nitrogens with zero attached hydrogens (tertiary/aromatic N) is 4. The number of esters is 1. The third kappa shape index (κ3) is 6.94. The van der Waals surface area contributed by atoms with Gasteiger partial charge in [0.05, 0.1) is 22.0 Å². The molecule has 5 rings (SSSR count). The van der Waals surface area contributed by atoms with Gasteiger partial charge in [-0.05, 0) is 75.7 Å². The number of alkyl halides is 3. The van der Waals surface area contributed by atoms with E-state index in [1.54, 1.807) is 32.9 Å². The maximum absolute atomic E-state index is 13.8. The van der Waals surface area contributed by atoms with E-state index >= 15 is 0 Å². The smallest absolute Gasteiger partial charge is 0.436 e. The van der Waals surface area contributed by atoms with Crippen LogP contribution in [-0.4, -0.2) is 36.5 Å². The van der Waals surface area contributed by atoms with Gasteiger partial charge >= 0.3 is 12.1 Å². The first kappa shape index (κ1) is 30.8. The normalized spacial score (nSPS) is 12.0. The molecule has 0 radical (unpaired) electrons. The van der Waals surface area contributed by atoms with Crippen molar-refractivity contribution in [2.24, 2.45) is 0 Å². The highest BCUT2D eigenvalue weighted by Crippen LogP contribution is 2.37. The van der Waals surface area contributed by atoms with Gasteiger partial charge in [-0.3, -0.25) is 4.79 Å². The minimum absolute atomic E-state index is 0.0688. The lowest BCUT2D eigenvalue weighted by Crippen LogP contribution is -2.23. The van der Waals surface area contributed by atoms with Crippen molar-refractivity contribution in [3.63, 3.8) is 0 Å². The van der Waals surface area contributed by atoms with E-state index < -0.39 is 28.5 Å². The highest BCUT2D eigenvalue weighted by atomic mass is 35.5. The van der Waals surface area contributed by atoms with Crippen LogP contribution in [0.1, 0.15) is 64.1 Å². The van der Waals surface area contributed by atoms with Crippen LogP contribution in [0, 0.1) is 6.92 Å². The second-order valence-electron chi connectivity index (χ2n) is 11.2. The Hall–Kier alpha value is -4.64. The van der Waals surface area contributed by atoms with Gasteiger partial charge < -0.3 is 13.9 Å². The predicted octanol–water partition coefficient (Wildman–Crippen LogP) is 7.46. The van der Waals surface area contributed by atoms with Crippen LogP contribution in [0.2, 0.25) is 5.02 Å². The van der Waals surface area contributed by atoms with Crippen LogP contribution in [0.25, 0.3) is 11.3 Å². The quantitative estimate of drug-likeness (QED) is 0.132. The number of fused-ring (bicyclic) bond motifs is 1. The van der Waals surface area contributed by atoms with Crippen LogP contribution >= 0.6 is 11.6 Å². The number of hydrogen-bond acceptors (Lipinski definition) is 6. The summed E-state index contributed by atoms with van der Waals surface area (Å²) >= 11 is 6.20. The summed E-state index contributed by atoms with van der Waals surface area (Å²) in [7, 11) is 0. The number of ether oxygens (including phenoxy) is 2. The first-order valence-corrected chi connectivity index (χ1v) is 13.9. The summed E-state index contributed by atoms with van der Waals surface area (Å²) in [6, 6.07) is 15.7. The average molecular weight is 625 g/mol. The zero-order chi connectivity index (χ0) is 31.8. The molecule has 3 heterocycles. The molecular formula is C32H28ClF3N4O4. The summed E-state index contributed by atoms with van der Waals surface area (Å²) < 4.78 is 55.4. The summed E-state index contributed by atoms with van der Waals surface area (Å²) in [4.78, 5) is 29.9. The number of hydrogen-bond donors (Lipinski definition) is 0. The van der Waals surface area contributed by atoms with Gasteiger partial charge in [0.2, 0.25) is 0 Å². The molecule has 44 heavy (non-hydrogen) atoms. The van der Waals surface area contributed by atoms with E-state index in [1.807, 2.05) is 35.9 Å². The van der Waals surface area contributed by atoms with Gasteiger partial charge in [-0.1, -0.05) is 29.8 Å². The van der Waals surface area contributed by atoms with E-state index in [4.69, 9.17) is 21.1 Å². The van der Waals surface area contributed by atoms with Crippen LogP contribution in [0.3, 0.4) is 0 Å². The average Bonchev–Trinajstić information content (AvgIpc) is 3.49. The van der Waals surface area contributed by atoms with E-state index in [2.05, 4.69) is 10.1 Å². The lowest BCUT2D eigenvalue weighted by molar-refractivity contribution is -0.141. The second kappa shape index (κ2) is 11.8. The zero-order valence-corrected chi connectivity index (χ0v) is 25.0. The largest absolute Gasteiger partial charge is 0.487 e. The van der Waals surface area contributed by atoms with Crippen molar-refractivity contribution in [1.82, 2.24) is 19.2 Å². The Morgan fingerprint density at radius 1 is 0.955 bits per heavy atom. The number of rotatable bonds is 8. The second-order valence-corrected chi connectivity index (χ2v) is 11.5. The molecule has 0 fully saturated rings. The van der Waals surface area contributed by atoms with Gasteiger partial charge in [0.15, 0.2) is 11.5 Å². The van der Waals surface area contributed by atoms with Crippen molar-refractivity contribution in [2.75, 3.05) is 0 Å². The highest BCUT2D eigenvalue weighted by molar-refractivity contribution is 6.32. The Bertz CT molecular complexity index is 1850. The van der Waals surface area contributed by atoms with Crippen LogP contribution in [0.5, 0.6) is 5.75 Å². The Kier molecular flexibility index (Phi) is 8.26. The van der Waals surface area contributed by atoms with Crippen molar-refractivity contribution in [3.8, 4) is 11.4 Å².